The Bertz CT molecular complexity index is 889. The van der Waals surface area contributed by atoms with Gasteiger partial charge in [0.05, 0.1) is 25.6 Å². The van der Waals surface area contributed by atoms with Gasteiger partial charge in [0.25, 0.3) is 5.91 Å². The van der Waals surface area contributed by atoms with Gasteiger partial charge in [-0.1, -0.05) is 6.07 Å². The van der Waals surface area contributed by atoms with Gasteiger partial charge in [-0.15, -0.1) is 22.7 Å². The third-order valence-electron chi connectivity index (χ3n) is 3.60. The van der Waals surface area contributed by atoms with Gasteiger partial charge in [0.2, 0.25) is 0 Å². The molecule has 0 saturated heterocycles. The summed E-state index contributed by atoms with van der Waals surface area (Å²) in [5.74, 6) is 1.28. The monoisotopic (exact) mass is 370 g/mol. The van der Waals surface area contributed by atoms with E-state index in [4.69, 9.17) is 8.83 Å². The number of carbonyl (C=O) groups is 1. The average Bonchev–Trinajstić information content (AvgIpc) is 3.41. The summed E-state index contributed by atoms with van der Waals surface area (Å²) < 4.78 is 10.8. The van der Waals surface area contributed by atoms with Crippen molar-refractivity contribution >= 4 is 28.6 Å². The van der Waals surface area contributed by atoms with Crippen molar-refractivity contribution in [2.75, 3.05) is 0 Å². The van der Waals surface area contributed by atoms with Gasteiger partial charge >= 0.3 is 0 Å². The quantitative estimate of drug-likeness (QED) is 0.484. The maximum atomic E-state index is 13.0. The van der Waals surface area contributed by atoms with Crippen LogP contribution in [0.15, 0.2) is 68.5 Å². The van der Waals surface area contributed by atoms with Gasteiger partial charge in [0.1, 0.15) is 11.5 Å². The Morgan fingerprint density at radius 2 is 1.92 bits per heavy atom. The van der Waals surface area contributed by atoms with Crippen molar-refractivity contribution in [3.05, 3.63) is 76.0 Å². The van der Waals surface area contributed by atoms with E-state index in [9.17, 15) is 4.79 Å². The second kappa shape index (κ2) is 7.08. The van der Waals surface area contributed by atoms with Crippen molar-refractivity contribution in [1.29, 1.82) is 0 Å². The molecule has 0 aliphatic rings. The SMILES string of the molecule is O=C(c1csc(-c2ccco2)n1)N(Cc1ccco1)Cc1cccs1. The molecule has 25 heavy (non-hydrogen) atoms. The minimum absolute atomic E-state index is 0.126. The fourth-order valence-corrected chi connectivity index (χ4v) is 3.91. The molecule has 0 unspecified atom stereocenters. The molecule has 0 spiro atoms. The largest absolute Gasteiger partial charge is 0.467 e. The fraction of sp³-hybridized carbons (Fsp3) is 0.111. The molecule has 0 radical (unpaired) electrons. The number of hydrogen-bond donors (Lipinski definition) is 0. The highest BCUT2D eigenvalue weighted by molar-refractivity contribution is 7.13. The van der Waals surface area contributed by atoms with Gasteiger partial charge < -0.3 is 13.7 Å². The lowest BCUT2D eigenvalue weighted by atomic mass is 10.3. The van der Waals surface area contributed by atoms with E-state index in [1.165, 1.54) is 11.3 Å². The molecule has 0 aliphatic heterocycles. The highest BCUT2D eigenvalue weighted by Crippen LogP contribution is 2.25. The number of thiazole rings is 1. The van der Waals surface area contributed by atoms with Crippen LogP contribution in [0, 0.1) is 0 Å². The van der Waals surface area contributed by atoms with Gasteiger partial charge in [-0.05, 0) is 35.7 Å². The Kier molecular flexibility index (Phi) is 4.49. The van der Waals surface area contributed by atoms with Crippen LogP contribution in [0.5, 0.6) is 0 Å². The summed E-state index contributed by atoms with van der Waals surface area (Å²) in [4.78, 5) is 20.3. The molecule has 0 saturated carbocycles. The van der Waals surface area contributed by atoms with E-state index in [0.717, 1.165) is 10.6 Å². The van der Waals surface area contributed by atoms with E-state index < -0.39 is 0 Å². The first-order chi connectivity index (χ1) is 12.3. The van der Waals surface area contributed by atoms with E-state index >= 15 is 0 Å². The Balaban J connectivity index is 1.58. The molecule has 0 aliphatic carbocycles. The number of amides is 1. The summed E-state index contributed by atoms with van der Waals surface area (Å²) in [6.45, 7) is 0.919. The number of furan rings is 2. The van der Waals surface area contributed by atoms with Crippen LogP contribution in [-0.4, -0.2) is 15.8 Å². The summed E-state index contributed by atoms with van der Waals surface area (Å²) in [5.41, 5.74) is 0.416. The summed E-state index contributed by atoms with van der Waals surface area (Å²) in [6.07, 6.45) is 3.21. The maximum Gasteiger partial charge on any atom is 0.274 e. The molecule has 126 valence electrons. The van der Waals surface area contributed by atoms with Crippen molar-refractivity contribution in [2.24, 2.45) is 0 Å². The molecule has 0 atom stereocenters. The first-order valence-corrected chi connectivity index (χ1v) is 9.39. The first kappa shape index (κ1) is 15.9. The van der Waals surface area contributed by atoms with Crippen molar-refractivity contribution in [1.82, 2.24) is 9.88 Å². The summed E-state index contributed by atoms with van der Waals surface area (Å²) >= 11 is 3.02. The molecule has 7 heteroatoms. The average molecular weight is 370 g/mol. The molecule has 4 aromatic rings. The zero-order valence-electron chi connectivity index (χ0n) is 13.1. The van der Waals surface area contributed by atoms with Crippen molar-refractivity contribution in [3.8, 4) is 10.8 Å². The predicted octanol–water partition coefficient (Wildman–Crippen LogP) is 4.90. The summed E-state index contributed by atoms with van der Waals surface area (Å²) in [6, 6.07) is 11.3. The van der Waals surface area contributed by atoms with E-state index in [1.54, 1.807) is 40.2 Å². The highest BCUT2D eigenvalue weighted by atomic mass is 32.1. The molecule has 4 rings (SSSR count). The van der Waals surface area contributed by atoms with Crippen LogP contribution < -0.4 is 0 Å². The lowest BCUT2D eigenvalue weighted by molar-refractivity contribution is 0.0714. The zero-order chi connectivity index (χ0) is 17.1. The minimum Gasteiger partial charge on any atom is -0.467 e. The number of nitrogens with zero attached hydrogens (tertiary/aromatic N) is 2. The molecule has 0 aromatic carbocycles. The second-order valence-electron chi connectivity index (χ2n) is 5.34. The van der Waals surface area contributed by atoms with E-state index in [2.05, 4.69) is 4.98 Å². The standard InChI is InChI=1S/C18H14N2O3S2/c21-18(15-12-25-17(19-15)16-6-2-8-23-16)20(10-13-4-1-7-22-13)11-14-5-3-9-24-14/h1-9,12H,10-11H2. The first-order valence-electron chi connectivity index (χ1n) is 7.63. The highest BCUT2D eigenvalue weighted by Gasteiger charge is 2.21. The molecule has 0 N–H and O–H groups in total. The van der Waals surface area contributed by atoms with Crippen LogP contribution in [0.25, 0.3) is 10.8 Å². The van der Waals surface area contributed by atoms with Crippen molar-refractivity contribution in [2.45, 2.75) is 13.1 Å². The Labute approximate surface area is 152 Å². The van der Waals surface area contributed by atoms with Crippen LogP contribution in [0.4, 0.5) is 0 Å². The van der Waals surface area contributed by atoms with Gasteiger partial charge in [0.15, 0.2) is 10.8 Å². The van der Waals surface area contributed by atoms with Crippen LogP contribution >= 0.6 is 22.7 Å². The van der Waals surface area contributed by atoms with Crippen molar-refractivity contribution < 1.29 is 13.6 Å². The summed E-state index contributed by atoms with van der Waals surface area (Å²) in [5, 5.41) is 4.47. The molecule has 5 nitrogen and oxygen atoms in total. The Morgan fingerprint density at radius 3 is 2.64 bits per heavy atom. The predicted molar refractivity (Wildman–Crippen MR) is 96.4 cm³/mol. The summed E-state index contributed by atoms with van der Waals surface area (Å²) in [7, 11) is 0. The van der Waals surface area contributed by atoms with E-state index in [0.29, 0.717) is 29.6 Å². The molecular weight excluding hydrogens is 356 g/mol. The Morgan fingerprint density at radius 1 is 1.04 bits per heavy atom. The second-order valence-corrected chi connectivity index (χ2v) is 7.23. The number of rotatable bonds is 6. The lowest BCUT2D eigenvalue weighted by Crippen LogP contribution is -2.30. The molecular formula is C18H14N2O3S2. The smallest absolute Gasteiger partial charge is 0.274 e. The van der Waals surface area contributed by atoms with Crippen LogP contribution in [-0.2, 0) is 13.1 Å². The molecule has 0 fully saturated rings. The normalized spacial score (nSPS) is 10.9. The van der Waals surface area contributed by atoms with Crippen LogP contribution in [0.1, 0.15) is 21.1 Å². The number of hydrogen-bond acceptors (Lipinski definition) is 6. The van der Waals surface area contributed by atoms with Gasteiger partial charge in [0, 0.05) is 10.3 Å². The maximum absolute atomic E-state index is 13.0. The van der Waals surface area contributed by atoms with Crippen LogP contribution in [0.3, 0.4) is 0 Å². The third-order valence-corrected chi connectivity index (χ3v) is 5.31. The zero-order valence-corrected chi connectivity index (χ0v) is 14.8. The third kappa shape index (κ3) is 3.57. The molecule has 1 amide bonds. The number of carbonyl (C=O) groups excluding carboxylic acids is 1. The van der Waals surface area contributed by atoms with Gasteiger partial charge in [-0.25, -0.2) is 4.98 Å². The number of thiophene rings is 1. The fourth-order valence-electron chi connectivity index (χ4n) is 2.43. The lowest BCUT2D eigenvalue weighted by Gasteiger charge is -2.20. The minimum atomic E-state index is -0.126. The van der Waals surface area contributed by atoms with Crippen molar-refractivity contribution in [3.63, 3.8) is 0 Å². The van der Waals surface area contributed by atoms with Gasteiger partial charge in [-0.3, -0.25) is 4.79 Å². The Hall–Kier alpha value is -2.64. The topological polar surface area (TPSA) is 59.5 Å². The number of aromatic nitrogens is 1. The van der Waals surface area contributed by atoms with E-state index in [-0.39, 0.29) is 5.91 Å². The van der Waals surface area contributed by atoms with E-state index in [1.807, 2.05) is 35.7 Å². The molecule has 0 bridgehead atoms. The molecule has 4 heterocycles. The molecule has 4 aromatic heterocycles. The van der Waals surface area contributed by atoms with Gasteiger partial charge in [-0.2, -0.15) is 0 Å². The van der Waals surface area contributed by atoms with Crippen LogP contribution in [0.2, 0.25) is 0 Å².